The molecular formula is C19H21FNO2+. The topological polar surface area (TPSA) is 30.7 Å². The van der Waals surface area contributed by atoms with E-state index in [-0.39, 0.29) is 17.5 Å². The second kappa shape index (κ2) is 7.49. The van der Waals surface area contributed by atoms with E-state index in [1.54, 1.807) is 12.1 Å². The quantitative estimate of drug-likeness (QED) is 0.852. The van der Waals surface area contributed by atoms with Gasteiger partial charge in [0.15, 0.2) is 5.78 Å². The molecule has 3 nitrogen and oxygen atoms in total. The molecule has 1 aliphatic rings. The molecule has 0 aliphatic carbocycles. The second-order valence-electron chi connectivity index (χ2n) is 5.90. The first-order valence-electron chi connectivity index (χ1n) is 8.00. The van der Waals surface area contributed by atoms with E-state index in [9.17, 15) is 9.18 Å². The summed E-state index contributed by atoms with van der Waals surface area (Å²) in [4.78, 5) is 14.3. The minimum atomic E-state index is -0.323. The number of benzene rings is 2. The number of hydrogen-bond acceptors (Lipinski definition) is 2. The summed E-state index contributed by atoms with van der Waals surface area (Å²) in [5.41, 5.74) is 1.58. The number of carbonyl (C=O) groups excluding carboxylic acids is 1. The van der Waals surface area contributed by atoms with Crippen LogP contribution in [0.4, 0.5) is 4.39 Å². The van der Waals surface area contributed by atoms with Crippen molar-refractivity contribution in [2.45, 2.75) is 5.92 Å². The van der Waals surface area contributed by atoms with E-state index < -0.39 is 0 Å². The summed E-state index contributed by atoms with van der Waals surface area (Å²) in [6.45, 7) is 4.05. The van der Waals surface area contributed by atoms with Crippen LogP contribution in [-0.2, 0) is 4.74 Å². The van der Waals surface area contributed by atoms with Crippen LogP contribution in [0.3, 0.4) is 0 Å². The summed E-state index contributed by atoms with van der Waals surface area (Å²) in [6.07, 6.45) is 0. The number of Topliss-reactive ketones (excluding diaryl/α,β-unsaturated/α-hetero) is 1. The van der Waals surface area contributed by atoms with Gasteiger partial charge >= 0.3 is 0 Å². The van der Waals surface area contributed by atoms with Crippen molar-refractivity contribution in [2.75, 3.05) is 32.8 Å². The van der Waals surface area contributed by atoms with Crippen LogP contribution in [0.2, 0.25) is 0 Å². The van der Waals surface area contributed by atoms with Crippen molar-refractivity contribution >= 4 is 5.78 Å². The van der Waals surface area contributed by atoms with E-state index in [0.29, 0.717) is 5.56 Å². The lowest BCUT2D eigenvalue weighted by molar-refractivity contribution is -0.908. The number of ether oxygens (including phenoxy) is 1. The smallest absolute Gasteiger partial charge is 0.175 e. The molecule has 2 aromatic carbocycles. The number of ketones is 1. The predicted molar refractivity (Wildman–Crippen MR) is 86.3 cm³/mol. The van der Waals surface area contributed by atoms with Crippen molar-refractivity contribution < 1.29 is 18.8 Å². The van der Waals surface area contributed by atoms with Gasteiger partial charge in [-0.2, -0.15) is 0 Å². The van der Waals surface area contributed by atoms with E-state index in [1.165, 1.54) is 17.0 Å². The third-order valence-electron chi connectivity index (χ3n) is 4.34. The molecule has 1 saturated heterocycles. The molecule has 23 heavy (non-hydrogen) atoms. The number of nitrogens with one attached hydrogen (secondary N) is 1. The molecule has 3 rings (SSSR count). The molecule has 0 saturated carbocycles. The fraction of sp³-hybridized carbons (Fsp3) is 0.316. The Kier molecular flexibility index (Phi) is 5.16. The molecule has 0 aromatic heterocycles. The van der Waals surface area contributed by atoms with Gasteiger partial charge in [-0.05, 0) is 29.8 Å². The molecule has 0 bridgehead atoms. The average molecular weight is 314 g/mol. The zero-order valence-electron chi connectivity index (χ0n) is 13.0. The molecule has 1 heterocycles. The average Bonchev–Trinajstić information content (AvgIpc) is 2.61. The van der Waals surface area contributed by atoms with Crippen molar-refractivity contribution in [1.82, 2.24) is 0 Å². The van der Waals surface area contributed by atoms with E-state index in [0.717, 1.165) is 38.4 Å². The van der Waals surface area contributed by atoms with Gasteiger partial charge in [-0.3, -0.25) is 4.79 Å². The Morgan fingerprint density at radius 2 is 1.70 bits per heavy atom. The number of halogens is 1. The summed E-state index contributed by atoms with van der Waals surface area (Å²) in [5, 5.41) is 0. The molecule has 1 aliphatic heterocycles. The molecule has 2 aromatic rings. The van der Waals surface area contributed by atoms with Gasteiger partial charge in [0.25, 0.3) is 0 Å². The summed E-state index contributed by atoms with van der Waals surface area (Å²) in [6, 6.07) is 15.7. The van der Waals surface area contributed by atoms with Crippen molar-refractivity contribution in [3.05, 3.63) is 71.5 Å². The maximum atomic E-state index is 13.1. The third-order valence-corrected chi connectivity index (χ3v) is 4.34. The van der Waals surface area contributed by atoms with E-state index in [4.69, 9.17) is 4.74 Å². The summed E-state index contributed by atoms with van der Waals surface area (Å²) >= 11 is 0. The van der Waals surface area contributed by atoms with Crippen molar-refractivity contribution in [3.63, 3.8) is 0 Å². The van der Waals surface area contributed by atoms with Gasteiger partial charge in [-0.1, -0.05) is 30.3 Å². The minimum Gasteiger partial charge on any atom is -0.370 e. The Hall–Kier alpha value is -2.04. The molecule has 0 spiro atoms. The van der Waals surface area contributed by atoms with Crippen LogP contribution < -0.4 is 4.90 Å². The lowest BCUT2D eigenvalue weighted by Crippen LogP contribution is -3.14. The van der Waals surface area contributed by atoms with Crippen LogP contribution in [0.25, 0.3) is 0 Å². The number of rotatable bonds is 5. The molecule has 0 amide bonds. The van der Waals surface area contributed by atoms with Gasteiger partial charge in [-0.15, -0.1) is 0 Å². The maximum Gasteiger partial charge on any atom is 0.175 e. The van der Waals surface area contributed by atoms with Crippen LogP contribution in [-0.4, -0.2) is 38.6 Å². The van der Waals surface area contributed by atoms with Crippen molar-refractivity contribution in [3.8, 4) is 0 Å². The van der Waals surface area contributed by atoms with Gasteiger partial charge in [0, 0.05) is 5.56 Å². The number of hydrogen-bond donors (Lipinski definition) is 1. The lowest BCUT2D eigenvalue weighted by atomic mass is 9.90. The first-order valence-corrected chi connectivity index (χ1v) is 8.00. The number of quaternary nitrogens is 1. The Morgan fingerprint density at radius 1 is 1.04 bits per heavy atom. The van der Waals surface area contributed by atoms with Gasteiger partial charge in [0.1, 0.15) is 18.9 Å². The zero-order chi connectivity index (χ0) is 16.1. The second-order valence-corrected chi connectivity index (χ2v) is 5.90. The highest BCUT2D eigenvalue weighted by molar-refractivity contribution is 6.01. The van der Waals surface area contributed by atoms with Gasteiger partial charge in [0.2, 0.25) is 0 Å². The predicted octanol–water partition coefficient (Wildman–Crippen LogP) is 1.71. The molecule has 0 unspecified atom stereocenters. The first kappa shape index (κ1) is 15.8. The Labute approximate surface area is 135 Å². The number of morpholine rings is 1. The van der Waals surface area contributed by atoms with Crippen molar-refractivity contribution in [2.24, 2.45) is 0 Å². The van der Waals surface area contributed by atoms with Gasteiger partial charge in [-0.25, -0.2) is 4.39 Å². The Bertz CT molecular complexity index is 636. The SMILES string of the molecule is O=C(c1ccc(F)cc1)[C@H](C[NH+]1CCOCC1)c1ccccc1. The molecule has 1 N–H and O–H groups in total. The van der Waals surface area contributed by atoms with Crippen molar-refractivity contribution in [1.29, 1.82) is 0 Å². The molecule has 120 valence electrons. The maximum absolute atomic E-state index is 13.1. The highest BCUT2D eigenvalue weighted by Gasteiger charge is 2.28. The highest BCUT2D eigenvalue weighted by Crippen LogP contribution is 2.20. The molecule has 0 radical (unpaired) electrons. The third kappa shape index (κ3) is 4.03. The number of carbonyl (C=O) groups is 1. The van der Waals surface area contributed by atoms with Crippen LogP contribution in [0.1, 0.15) is 21.8 Å². The van der Waals surface area contributed by atoms with Gasteiger partial charge < -0.3 is 9.64 Å². The van der Waals surface area contributed by atoms with Crippen LogP contribution in [0.5, 0.6) is 0 Å². The summed E-state index contributed by atoms with van der Waals surface area (Å²) in [5.74, 6) is -0.485. The first-order chi connectivity index (χ1) is 11.2. The molecule has 1 atom stereocenters. The van der Waals surface area contributed by atoms with Crippen LogP contribution >= 0.6 is 0 Å². The monoisotopic (exact) mass is 314 g/mol. The fourth-order valence-electron chi connectivity index (χ4n) is 3.02. The standard InChI is InChI=1S/C19H20FNO2/c20-17-8-6-16(7-9-17)19(22)18(15-4-2-1-3-5-15)14-21-10-12-23-13-11-21/h1-9,18H,10-14H2/p+1/t18-/m1/s1. The van der Waals surface area contributed by atoms with Crippen LogP contribution in [0.15, 0.2) is 54.6 Å². The Balaban J connectivity index is 1.84. The van der Waals surface area contributed by atoms with Crippen LogP contribution in [0, 0.1) is 5.82 Å². The van der Waals surface area contributed by atoms with E-state index in [2.05, 4.69) is 0 Å². The van der Waals surface area contributed by atoms with Gasteiger partial charge in [0.05, 0.1) is 25.7 Å². The zero-order valence-corrected chi connectivity index (χ0v) is 13.0. The minimum absolute atomic E-state index is 0.0511. The molecule has 1 fully saturated rings. The highest BCUT2D eigenvalue weighted by atomic mass is 19.1. The Morgan fingerprint density at radius 3 is 2.35 bits per heavy atom. The fourth-order valence-corrected chi connectivity index (χ4v) is 3.02. The lowest BCUT2D eigenvalue weighted by Gasteiger charge is -2.27. The molecular weight excluding hydrogens is 293 g/mol. The largest absolute Gasteiger partial charge is 0.370 e. The van der Waals surface area contributed by atoms with E-state index >= 15 is 0 Å². The normalized spacial score (nSPS) is 16.9. The molecule has 4 heteroatoms. The summed E-state index contributed by atoms with van der Waals surface area (Å²) < 4.78 is 18.5. The summed E-state index contributed by atoms with van der Waals surface area (Å²) in [7, 11) is 0. The van der Waals surface area contributed by atoms with E-state index in [1.807, 2.05) is 30.3 Å².